The average Bonchev–Trinajstić information content (AvgIpc) is 2.81. The molecule has 0 amide bonds. The minimum atomic E-state index is -0.259. The van der Waals surface area contributed by atoms with Crippen LogP contribution in [0.5, 0.6) is 5.75 Å². The van der Waals surface area contributed by atoms with Crippen LogP contribution in [0, 0.1) is 5.92 Å². The van der Waals surface area contributed by atoms with E-state index in [9.17, 15) is 0 Å². The van der Waals surface area contributed by atoms with Crippen molar-refractivity contribution in [1.82, 2.24) is 0 Å². The Balaban J connectivity index is 1.80. The predicted molar refractivity (Wildman–Crippen MR) is 103 cm³/mol. The summed E-state index contributed by atoms with van der Waals surface area (Å²) < 4.78 is 18.2. The van der Waals surface area contributed by atoms with Gasteiger partial charge in [-0.3, -0.25) is 0 Å². The van der Waals surface area contributed by atoms with Gasteiger partial charge >= 0.3 is 7.12 Å². The van der Waals surface area contributed by atoms with E-state index in [-0.39, 0.29) is 18.3 Å². The Kier molecular flexibility index (Phi) is 5.50. The minimum Gasteiger partial charge on any atom is -0.497 e. The second kappa shape index (κ2) is 7.32. The third kappa shape index (κ3) is 4.06. The van der Waals surface area contributed by atoms with E-state index in [1.807, 2.05) is 0 Å². The van der Waals surface area contributed by atoms with E-state index in [4.69, 9.17) is 14.0 Å². The maximum absolute atomic E-state index is 6.45. The number of rotatable bonds is 5. The van der Waals surface area contributed by atoms with Gasteiger partial charge < -0.3 is 14.0 Å². The van der Waals surface area contributed by atoms with Gasteiger partial charge in [0.2, 0.25) is 0 Å². The van der Waals surface area contributed by atoms with Gasteiger partial charge in [0.05, 0.1) is 18.3 Å². The van der Waals surface area contributed by atoms with Gasteiger partial charge in [-0.2, -0.15) is 0 Å². The van der Waals surface area contributed by atoms with Gasteiger partial charge in [-0.15, -0.1) is 0 Å². The molecule has 1 saturated heterocycles. The molecular weight excluding hydrogens is 311 g/mol. The topological polar surface area (TPSA) is 27.7 Å². The lowest BCUT2D eigenvalue weighted by atomic mass is 9.59. The van der Waals surface area contributed by atoms with Crippen LogP contribution in [0.15, 0.2) is 24.3 Å². The number of hydrogen-bond acceptors (Lipinski definition) is 3. The maximum atomic E-state index is 6.45. The van der Waals surface area contributed by atoms with Crippen LogP contribution in [0.3, 0.4) is 0 Å². The molecule has 1 unspecified atom stereocenters. The van der Waals surface area contributed by atoms with E-state index in [0.29, 0.717) is 11.7 Å². The zero-order valence-electron chi connectivity index (χ0n) is 16.5. The summed E-state index contributed by atoms with van der Waals surface area (Å²) in [6, 6.07) is 8.47. The van der Waals surface area contributed by atoms with Crippen molar-refractivity contribution in [1.29, 1.82) is 0 Å². The Morgan fingerprint density at radius 2 is 1.56 bits per heavy atom. The van der Waals surface area contributed by atoms with E-state index in [0.717, 1.165) is 12.2 Å². The van der Waals surface area contributed by atoms with Crippen LogP contribution >= 0.6 is 0 Å². The third-order valence-corrected chi connectivity index (χ3v) is 6.51. The Morgan fingerprint density at radius 1 is 1.00 bits per heavy atom. The Labute approximate surface area is 153 Å². The van der Waals surface area contributed by atoms with E-state index in [2.05, 4.69) is 52.0 Å². The molecular formula is C21H33BO3. The van der Waals surface area contributed by atoms with Crippen LogP contribution in [0.4, 0.5) is 0 Å². The summed E-state index contributed by atoms with van der Waals surface area (Å²) in [5.74, 6) is 2.01. The molecule has 2 fully saturated rings. The zero-order valence-corrected chi connectivity index (χ0v) is 16.5. The van der Waals surface area contributed by atoms with Gasteiger partial charge in [-0.25, -0.2) is 0 Å². The van der Waals surface area contributed by atoms with E-state index >= 15 is 0 Å². The number of ether oxygens (including phenoxy) is 1. The lowest BCUT2D eigenvalue weighted by molar-refractivity contribution is 0.00578. The molecule has 1 aromatic carbocycles. The van der Waals surface area contributed by atoms with Crippen molar-refractivity contribution < 1.29 is 14.0 Å². The number of hydrogen-bond donors (Lipinski definition) is 0. The van der Waals surface area contributed by atoms with E-state index < -0.39 is 0 Å². The largest absolute Gasteiger partial charge is 0.497 e. The maximum Gasteiger partial charge on any atom is 0.461 e. The molecule has 3 nitrogen and oxygen atoms in total. The smallest absolute Gasteiger partial charge is 0.461 e. The molecule has 1 aromatic rings. The molecule has 0 bridgehead atoms. The zero-order chi connectivity index (χ0) is 18.1. The van der Waals surface area contributed by atoms with Gasteiger partial charge in [-0.1, -0.05) is 44.2 Å². The molecule has 0 radical (unpaired) electrons. The number of benzene rings is 1. The molecule has 3 rings (SSSR count). The number of methoxy groups -OCH3 is 1. The highest BCUT2D eigenvalue weighted by atomic mass is 16.7. The second-order valence-corrected chi connectivity index (χ2v) is 8.74. The molecule has 2 aliphatic rings. The molecule has 1 heterocycles. The van der Waals surface area contributed by atoms with Gasteiger partial charge in [-0.05, 0) is 57.7 Å². The molecule has 0 aromatic heterocycles. The van der Waals surface area contributed by atoms with Crippen molar-refractivity contribution in [2.75, 3.05) is 7.11 Å². The SMILES string of the molecule is COc1ccc(CC(B2OC(C)(C)C(C)(C)O2)C2CCCCC2)cc1. The standard InChI is InChI=1S/C21H33BO3/c1-20(2)21(3,4)25-22(24-20)19(17-9-7-6-8-10-17)15-16-11-13-18(23-5)14-12-16/h11-14,17,19H,6-10,15H2,1-5H3. The molecule has 25 heavy (non-hydrogen) atoms. The highest BCUT2D eigenvalue weighted by Crippen LogP contribution is 2.46. The molecule has 0 spiro atoms. The summed E-state index contributed by atoms with van der Waals surface area (Å²) in [5.41, 5.74) is 0.820. The summed E-state index contributed by atoms with van der Waals surface area (Å²) in [6.07, 6.45) is 7.64. The van der Waals surface area contributed by atoms with Crippen LogP contribution in [0.1, 0.15) is 65.4 Å². The lowest BCUT2D eigenvalue weighted by Crippen LogP contribution is -2.41. The molecule has 1 atom stereocenters. The molecule has 1 aliphatic carbocycles. The van der Waals surface area contributed by atoms with Crippen LogP contribution in [0.2, 0.25) is 5.82 Å². The summed E-state index contributed by atoms with van der Waals surface area (Å²) in [7, 11) is 1.60. The van der Waals surface area contributed by atoms with Crippen LogP contribution < -0.4 is 4.74 Å². The minimum absolute atomic E-state index is 0.116. The van der Waals surface area contributed by atoms with Crippen LogP contribution in [-0.4, -0.2) is 25.4 Å². The summed E-state index contributed by atoms with van der Waals surface area (Å²) >= 11 is 0. The fourth-order valence-corrected chi connectivity index (χ4v) is 4.14. The highest BCUT2D eigenvalue weighted by molar-refractivity contribution is 6.47. The van der Waals surface area contributed by atoms with Crippen LogP contribution in [-0.2, 0) is 15.7 Å². The van der Waals surface area contributed by atoms with Crippen molar-refractivity contribution in [3.63, 3.8) is 0 Å². The third-order valence-electron chi connectivity index (χ3n) is 6.51. The molecule has 138 valence electrons. The normalized spacial score (nSPS) is 24.3. The predicted octanol–water partition coefficient (Wildman–Crippen LogP) is 5.28. The first kappa shape index (κ1) is 18.8. The Bertz CT molecular complexity index is 545. The quantitative estimate of drug-likeness (QED) is 0.680. The van der Waals surface area contributed by atoms with E-state index in [1.165, 1.54) is 37.7 Å². The van der Waals surface area contributed by atoms with Crippen LogP contribution in [0.25, 0.3) is 0 Å². The monoisotopic (exact) mass is 344 g/mol. The average molecular weight is 344 g/mol. The second-order valence-electron chi connectivity index (χ2n) is 8.74. The first-order valence-corrected chi connectivity index (χ1v) is 9.81. The molecule has 1 saturated carbocycles. The highest BCUT2D eigenvalue weighted by Gasteiger charge is 2.54. The van der Waals surface area contributed by atoms with Crippen molar-refractivity contribution in [2.45, 2.75) is 83.2 Å². The fraction of sp³-hybridized carbons (Fsp3) is 0.714. The van der Waals surface area contributed by atoms with Gasteiger partial charge in [0, 0.05) is 5.82 Å². The first-order valence-electron chi connectivity index (χ1n) is 9.81. The Morgan fingerprint density at radius 3 is 2.08 bits per heavy atom. The molecule has 1 aliphatic heterocycles. The molecule has 0 N–H and O–H groups in total. The van der Waals surface area contributed by atoms with E-state index in [1.54, 1.807) is 7.11 Å². The summed E-state index contributed by atoms with van der Waals surface area (Å²) in [4.78, 5) is 0. The van der Waals surface area contributed by atoms with Crippen molar-refractivity contribution in [3.8, 4) is 5.75 Å². The van der Waals surface area contributed by atoms with Crippen molar-refractivity contribution in [2.24, 2.45) is 5.92 Å². The Hall–Kier alpha value is -0.995. The van der Waals surface area contributed by atoms with Crippen molar-refractivity contribution >= 4 is 7.12 Å². The van der Waals surface area contributed by atoms with Gasteiger partial charge in [0.25, 0.3) is 0 Å². The van der Waals surface area contributed by atoms with Gasteiger partial charge in [0.15, 0.2) is 0 Å². The van der Waals surface area contributed by atoms with Gasteiger partial charge in [0.1, 0.15) is 5.75 Å². The first-order chi connectivity index (χ1) is 11.8. The summed E-state index contributed by atoms with van der Waals surface area (Å²) in [5, 5.41) is 0. The van der Waals surface area contributed by atoms with Crippen molar-refractivity contribution in [3.05, 3.63) is 29.8 Å². The lowest BCUT2D eigenvalue weighted by Gasteiger charge is -2.32. The fourth-order valence-electron chi connectivity index (χ4n) is 4.14. The molecule has 4 heteroatoms. The summed E-state index contributed by atoms with van der Waals surface area (Å²) in [6.45, 7) is 8.60.